The highest BCUT2D eigenvalue weighted by atomic mass is 32.2. The van der Waals surface area contributed by atoms with Gasteiger partial charge in [-0.15, -0.1) is 11.8 Å². The Bertz CT molecular complexity index is 853. The zero-order chi connectivity index (χ0) is 20.6. The Kier molecular flexibility index (Phi) is 7.52. The lowest BCUT2D eigenvalue weighted by molar-refractivity contribution is -0.139. The van der Waals surface area contributed by atoms with Crippen LogP contribution in [0.15, 0.2) is 47.5 Å². The number of carbonyl (C=O) groups is 2. The van der Waals surface area contributed by atoms with E-state index >= 15 is 0 Å². The molecule has 3 rings (SSSR count). The molecule has 0 radical (unpaired) electrons. The molecule has 1 aliphatic rings. The highest BCUT2D eigenvalue weighted by molar-refractivity contribution is 8.00. The lowest BCUT2D eigenvalue weighted by Gasteiger charge is -2.29. The molecular weight excluding hydrogens is 386 g/mol. The maximum Gasteiger partial charge on any atom is 0.318 e. The molecule has 2 aromatic rings. The second-order valence-electron chi connectivity index (χ2n) is 7.00. The van der Waals surface area contributed by atoms with E-state index in [0.717, 1.165) is 29.4 Å². The van der Waals surface area contributed by atoms with Gasteiger partial charge in [-0.05, 0) is 44.4 Å². The van der Waals surface area contributed by atoms with Gasteiger partial charge < -0.3 is 15.0 Å². The van der Waals surface area contributed by atoms with E-state index in [9.17, 15) is 9.59 Å². The Balaban J connectivity index is 1.70. The summed E-state index contributed by atoms with van der Waals surface area (Å²) in [6.45, 7) is 4.18. The second kappa shape index (κ2) is 10.3. The van der Waals surface area contributed by atoms with Gasteiger partial charge in [0.25, 0.3) is 5.91 Å². The number of piperidine rings is 1. The van der Waals surface area contributed by atoms with Crippen molar-refractivity contribution in [1.82, 2.24) is 10.3 Å². The molecule has 1 N–H and O–H groups in total. The summed E-state index contributed by atoms with van der Waals surface area (Å²) >= 11 is 1.32. The van der Waals surface area contributed by atoms with Crippen LogP contribution in [-0.4, -0.2) is 42.3 Å². The zero-order valence-electron chi connectivity index (χ0n) is 16.9. The number of hydrogen-bond acceptors (Lipinski definition) is 6. The normalized spacial score (nSPS) is 14.9. The van der Waals surface area contributed by atoms with Crippen LogP contribution < -0.4 is 10.2 Å². The summed E-state index contributed by atoms with van der Waals surface area (Å²) in [5.74, 6) is 0.472. The van der Waals surface area contributed by atoms with E-state index in [1.54, 1.807) is 19.2 Å². The number of benzene rings is 1. The first-order valence-electron chi connectivity index (χ1n) is 9.90. The van der Waals surface area contributed by atoms with E-state index in [-0.39, 0.29) is 11.9 Å². The topological polar surface area (TPSA) is 71.5 Å². The van der Waals surface area contributed by atoms with Crippen LogP contribution in [0.4, 0.5) is 5.82 Å². The fourth-order valence-corrected chi connectivity index (χ4v) is 4.41. The van der Waals surface area contributed by atoms with Gasteiger partial charge in [-0.25, -0.2) is 4.98 Å². The molecule has 1 amide bonds. The molecule has 7 heteroatoms. The summed E-state index contributed by atoms with van der Waals surface area (Å²) in [7, 11) is 1.37. The van der Waals surface area contributed by atoms with Crippen LogP contribution in [0.5, 0.6) is 0 Å². The summed E-state index contributed by atoms with van der Waals surface area (Å²) in [6.07, 6.45) is 5.40. The lowest BCUT2D eigenvalue weighted by atomic mass is 10.1. The number of nitrogens with zero attached hydrogens (tertiary/aromatic N) is 2. The van der Waals surface area contributed by atoms with Crippen molar-refractivity contribution in [2.24, 2.45) is 0 Å². The van der Waals surface area contributed by atoms with Gasteiger partial charge in [0.2, 0.25) is 0 Å². The Hall–Kier alpha value is -2.54. The number of anilines is 1. The molecular formula is C22H27N3O3S. The average Bonchev–Trinajstić information content (AvgIpc) is 2.78. The van der Waals surface area contributed by atoms with Gasteiger partial charge in [0.05, 0.1) is 12.7 Å². The Morgan fingerprint density at radius 3 is 2.69 bits per heavy atom. The first-order valence-corrected chi connectivity index (χ1v) is 10.8. The fourth-order valence-electron chi connectivity index (χ4n) is 3.39. The van der Waals surface area contributed by atoms with Crippen LogP contribution in [0.3, 0.4) is 0 Å². The minimum absolute atomic E-state index is 0.168. The predicted octanol–water partition coefficient (Wildman–Crippen LogP) is 3.66. The average molecular weight is 414 g/mol. The largest absolute Gasteiger partial charge is 0.468 e. The zero-order valence-corrected chi connectivity index (χ0v) is 17.7. The van der Waals surface area contributed by atoms with Gasteiger partial charge in [-0.1, -0.05) is 18.2 Å². The molecule has 0 saturated carbocycles. The Labute approximate surface area is 176 Å². The fraction of sp³-hybridized carbons (Fsp3) is 0.409. The lowest BCUT2D eigenvalue weighted by Crippen LogP contribution is -2.32. The number of rotatable bonds is 7. The van der Waals surface area contributed by atoms with E-state index in [0.29, 0.717) is 12.1 Å². The molecule has 1 aromatic heterocycles. The van der Waals surface area contributed by atoms with Crippen molar-refractivity contribution in [2.75, 3.05) is 25.1 Å². The summed E-state index contributed by atoms with van der Waals surface area (Å²) in [6, 6.07) is 11.2. The number of hydrogen-bond donors (Lipinski definition) is 1. The van der Waals surface area contributed by atoms with Crippen LogP contribution in [0.25, 0.3) is 0 Å². The number of thioether (sulfide) groups is 1. The van der Waals surface area contributed by atoms with Crippen molar-refractivity contribution in [3.05, 3.63) is 53.7 Å². The highest BCUT2D eigenvalue weighted by Gasteiger charge is 2.20. The summed E-state index contributed by atoms with van der Waals surface area (Å²) in [5, 5.41) is 2.63. The molecule has 2 heterocycles. The highest BCUT2D eigenvalue weighted by Crippen LogP contribution is 2.28. The molecule has 1 saturated heterocycles. The standard InChI is InChI=1S/C22H27N3O3S/c1-16(22(27)28-2)29-19-11-5-4-10-18(19)21(26)24-15-17-9-8-12-23-20(17)25-13-6-3-7-14-25/h4-5,8-12,16H,3,6-7,13-15H2,1-2H3,(H,24,26). The third-order valence-electron chi connectivity index (χ3n) is 4.93. The summed E-state index contributed by atoms with van der Waals surface area (Å²) < 4.78 is 4.79. The second-order valence-corrected chi connectivity index (χ2v) is 8.38. The van der Waals surface area contributed by atoms with Crippen LogP contribution >= 0.6 is 11.8 Å². The molecule has 0 spiro atoms. The molecule has 154 valence electrons. The SMILES string of the molecule is COC(=O)C(C)Sc1ccccc1C(=O)NCc1cccnc1N1CCCCC1. The van der Waals surface area contributed by atoms with Crippen molar-refractivity contribution in [3.63, 3.8) is 0 Å². The number of aromatic nitrogens is 1. The van der Waals surface area contributed by atoms with Gasteiger partial charge >= 0.3 is 5.97 Å². The maximum atomic E-state index is 12.9. The van der Waals surface area contributed by atoms with E-state index in [4.69, 9.17) is 4.74 Å². The van der Waals surface area contributed by atoms with E-state index in [2.05, 4.69) is 15.2 Å². The number of methoxy groups -OCH3 is 1. The monoisotopic (exact) mass is 413 g/mol. The number of amides is 1. The quantitative estimate of drug-likeness (QED) is 0.552. The summed E-state index contributed by atoms with van der Waals surface area (Å²) in [5.41, 5.74) is 1.56. The third-order valence-corrected chi connectivity index (χ3v) is 6.09. The Morgan fingerprint density at radius 1 is 1.17 bits per heavy atom. The van der Waals surface area contributed by atoms with E-state index in [1.807, 2.05) is 30.3 Å². The van der Waals surface area contributed by atoms with Crippen LogP contribution in [0.2, 0.25) is 0 Å². The van der Waals surface area contributed by atoms with Crippen molar-refractivity contribution in [1.29, 1.82) is 0 Å². The number of pyridine rings is 1. The Morgan fingerprint density at radius 2 is 1.93 bits per heavy atom. The van der Waals surface area contributed by atoms with E-state index in [1.165, 1.54) is 38.1 Å². The van der Waals surface area contributed by atoms with Gasteiger partial charge in [-0.3, -0.25) is 9.59 Å². The maximum absolute atomic E-state index is 12.9. The number of nitrogens with one attached hydrogen (secondary N) is 1. The van der Waals surface area contributed by atoms with Crippen LogP contribution in [-0.2, 0) is 16.1 Å². The molecule has 1 aliphatic heterocycles. The van der Waals surface area contributed by atoms with Crippen molar-refractivity contribution >= 4 is 29.5 Å². The van der Waals surface area contributed by atoms with Crippen LogP contribution in [0.1, 0.15) is 42.1 Å². The smallest absolute Gasteiger partial charge is 0.318 e. The van der Waals surface area contributed by atoms with Gasteiger partial charge in [0, 0.05) is 36.3 Å². The first kappa shape index (κ1) is 21.2. The van der Waals surface area contributed by atoms with Gasteiger partial charge in [0.1, 0.15) is 11.1 Å². The van der Waals surface area contributed by atoms with Crippen molar-refractivity contribution in [3.8, 4) is 0 Å². The van der Waals surface area contributed by atoms with Crippen molar-refractivity contribution in [2.45, 2.75) is 42.9 Å². The summed E-state index contributed by atoms with van der Waals surface area (Å²) in [4.78, 5) is 32.2. The number of esters is 1. The molecule has 1 fully saturated rings. The molecule has 1 aromatic carbocycles. The minimum atomic E-state index is -0.391. The van der Waals surface area contributed by atoms with Gasteiger partial charge in [0.15, 0.2) is 0 Å². The first-order chi connectivity index (χ1) is 14.1. The van der Waals surface area contributed by atoms with Crippen molar-refractivity contribution < 1.29 is 14.3 Å². The predicted molar refractivity (Wildman–Crippen MR) is 115 cm³/mol. The molecule has 1 atom stereocenters. The minimum Gasteiger partial charge on any atom is -0.468 e. The molecule has 6 nitrogen and oxygen atoms in total. The van der Waals surface area contributed by atoms with E-state index < -0.39 is 5.25 Å². The molecule has 29 heavy (non-hydrogen) atoms. The molecule has 0 aliphatic carbocycles. The van der Waals surface area contributed by atoms with Crippen LogP contribution in [0, 0.1) is 0 Å². The number of carbonyl (C=O) groups excluding carboxylic acids is 2. The third kappa shape index (κ3) is 5.50. The molecule has 0 bridgehead atoms. The van der Waals surface area contributed by atoms with Gasteiger partial charge in [-0.2, -0.15) is 0 Å². The molecule has 1 unspecified atom stereocenters. The number of ether oxygens (including phenoxy) is 1.